The second kappa shape index (κ2) is 11.9. The van der Waals surface area contributed by atoms with Crippen LogP contribution >= 0.6 is 11.8 Å². The molecule has 1 fully saturated rings. The number of methoxy groups -OCH3 is 2. The number of hydrogen-bond acceptors (Lipinski definition) is 8. The molecule has 1 atom stereocenters. The summed E-state index contributed by atoms with van der Waals surface area (Å²) in [6, 6.07) is 16.6. The fourth-order valence-electron chi connectivity index (χ4n) is 4.73. The zero-order valence-electron chi connectivity index (χ0n) is 22.9. The Balaban J connectivity index is 1.27. The third kappa shape index (κ3) is 5.69. The van der Waals surface area contributed by atoms with Gasteiger partial charge in [0.05, 0.1) is 31.9 Å². The van der Waals surface area contributed by atoms with E-state index in [0.29, 0.717) is 53.4 Å². The molecular formula is C29H31N5O5S. The molecule has 2 aromatic heterocycles. The first-order valence-electron chi connectivity index (χ1n) is 12.9. The van der Waals surface area contributed by atoms with Crippen molar-refractivity contribution < 1.29 is 23.5 Å². The van der Waals surface area contributed by atoms with Crippen molar-refractivity contribution in [1.29, 1.82) is 0 Å². The van der Waals surface area contributed by atoms with E-state index in [9.17, 15) is 9.59 Å². The monoisotopic (exact) mass is 561 g/mol. The lowest BCUT2D eigenvalue weighted by Gasteiger charge is -2.40. The van der Waals surface area contributed by atoms with E-state index >= 15 is 0 Å². The average Bonchev–Trinajstić information content (AvgIpc) is 3.65. The molecule has 11 heteroatoms. The number of aromatic nitrogens is 3. The molecule has 0 N–H and O–H groups in total. The van der Waals surface area contributed by atoms with Gasteiger partial charge in [0.25, 0.3) is 5.91 Å². The van der Waals surface area contributed by atoms with Crippen LogP contribution in [-0.4, -0.2) is 82.0 Å². The van der Waals surface area contributed by atoms with Crippen molar-refractivity contribution in [2.24, 2.45) is 0 Å². The molecule has 1 saturated heterocycles. The Morgan fingerprint density at radius 2 is 1.80 bits per heavy atom. The van der Waals surface area contributed by atoms with E-state index in [1.165, 1.54) is 11.8 Å². The Kier molecular flexibility index (Phi) is 8.11. The molecule has 2 aromatic carbocycles. The fraction of sp³-hybridized carbons (Fsp3) is 0.310. The van der Waals surface area contributed by atoms with Gasteiger partial charge in [-0.15, -0.1) is 10.2 Å². The Morgan fingerprint density at radius 1 is 1.02 bits per heavy atom. The maximum absolute atomic E-state index is 13.3. The summed E-state index contributed by atoms with van der Waals surface area (Å²) < 4.78 is 18.1. The lowest BCUT2D eigenvalue weighted by molar-refractivity contribution is -0.130. The van der Waals surface area contributed by atoms with Gasteiger partial charge in [0.2, 0.25) is 11.7 Å². The van der Waals surface area contributed by atoms with Crippen LogP contribution in [0.15, 0.2) is 70.4 Å². The maximum atomic E-state index is 13.3. The minimum absolute atomic E-state index is 0.0228. The third-order valence-electron chi connectivity index (χ3n) is 6.80. The van der Waals surface area contributed by atoms with E-state index in [4.69, 9.17) is 13.9 Å². The highest BCUT2D eigenvalue weighted by Gasteiger charge is 2.31. The number of hydrogen-bond donors (Lipinski definition) is 0. The van der Waals surface area contributed by atoms with E-state index in [1.807, 2.05) is 48.7 Å². The zero-order valence-corrected chi connectivity index (χ0v) is 23.7. The molecule has 5 rings (SSSR count). The summed E-state index contributed by atoms with van der Waals surface area (Å²) in [6.45, 7) is 5.28. The first-order chi connectivity index (χ1) is 19.4. The second-order valence-electron chi connectivity index (χ2n) is 9.54. The summed E-state index contributed by atoms with van der Waals surface area (Å²) in [4.78, 5) is 30.2. The van der Waals surface area contributed by atoms with Crippen LogP contribution in [0.1, 0.15) is 22.8 Å². The van der Waals surface area contributed by atoms with E-state index < -0.39 is 0 Å². The van der Waals surface area contributed by atoms with E-state index in [1.54, 1.807) is 54.5 Å². The minimum atomic E-state index is -0.158. The highest BCUT2D eigenvalue weighted by atomic mass is 32.2. The quantitative estimate of drug-likeness (QED) is 0.293. The highest BCUT2D eigenvalue weighted by molar-refractivity contribution is 7.99. The van der Waals surface area contributed by atoms with Gasteiger partial charge in [0, 0.05) is 37.3 Å². The number of benzene rings is 2. The van der Waals surface area contributed by atoms with Crippen LogP contribution in [-0.2, 0) is 4.79 Å². The molecule has 1 aliphatic rings. The number of amides is 2. The van der Waals surface area contributed by atoms with Crippen LogP contribution in [0.2, 0.25) is 0 Å². The van der Waals surface area contributed by atoms with Gasteiger partial charge in [0.15, 0.2) is 10.9 Å². The van der Waals surface area contributed by atoms with Gasteiger partial charge in [-0.1, -0.05) is 23.9 Å². The van der Waals surface area contributed by atoms with Crippen LogP contribution in [0.3, 0.4) is 0 Å². The van der Waals surface area contributed by atoms with Crippen molar-refractivity contribution in [3.8, 4) is 28.8 Å². The van der Waals surface area contributed by atoms with Gasteiger partial charge < -0.3 is 23.7 Å². The number of aryl methyl sites for hydroxylation is 1. The van der Waals surface area contributed by atoms with Crippen LogP contribution in [0.5, 0.6) is 11.5 Å². The van der Waals surface area contributed by atoms with Gasteiger partial charge in [-0.2, -0.15) is 0 Å². The number of rotatable bonds is 8. The molecule has 40 heavy (non-hydrogen) atoms. The van der Waals surface area contributed by atoms with Crippen LogP contribution < -0.4 is 9.47 Å². The molecule has 208 valence electrons. The molecule has 4 aromatic rings. The fourth-order valence-corrected chi connectivity index (χ4v) is 5.58. The van der Waals surface area contributed by atoms with Crippen LogP contribution in [0.4, 0.5) is 0 Å². The van der Waals surface area contributed by atoms with Crippen molar-refractivity contribution in [2.45, 2.75) is 25.0 Å². The van der Waals surface area contributed by atoms with Crippen molar-refractivity contribution in [1.82, 2.24) is 24.6 Å². The molecule has 1 unspecified atom stereocenters. The van der Waals surface area contributed by atoms with Crippen molar-refractivity contribution in [3.63, 3.8) is 0 Å². The molecule has 0 spiro atoms. The lowest BCUT2D eigenvalue weighted by atomic mass is 10.1. The van der Waals surface area contributed by atoms with Gasteiger partial charge in [-0.05, 0) is 55.8 Å². The normalized spacial score (nSPS) is 15.2. The predicted molar refractivity (Wildman–Crippen MR) is 151 cm³/mol. The zero-order chi connectivity index (χ0) is 28.2. The molecule has 0 bridgehead atoms. The summed E-state index contributed by atoms with van der Waals surface area (Å²) >= 11 is 1.33. The molecule has 1 aliphatic heterocycles. The summed E-state index contributed by atoms with van der Waals surface area (Å²) in [6.07, 6.45) is 1.59. The summed E-state index contributed by atoms with van der Waals surface area (Å²) in [7, 11) is 3.10. The Bertz CT molecular complexity index is 1480. The number of thioether (sulfide) groups is 1. The van der Waals surface area contributed by atoms with Gasteiger partial charge in [-0.25, -0.2) is 0 Å². The van der Waals surface area contributed by atoms with Gasteiger partial charge >= 0.3 is 0 Å². The SMILES string of the molecule is COc1cc(OC)cc(C(=O)N2CCN(C(=O)CSc3nnc(-c4ccco4)n3-c3cccc(C)c3)CC2C)c1. The molecule has 0 radical (unpaired) electrons. The summed E-state index contributed by atoms with van der Waals surface area (Å²) in [5, 5.41) is 9.34. The summed E-state index contributed by atoms with van der Waals surface area (Å²) in [5.74, 6) is 2.31. The number of piperazine rings is 1. The van der Waals surface area contributed by atoms with Crippen molar-refractivity contribution in [3.05, 3.63) is 72.0 Å². The van der Waals surface area contributed by atoms with Gasteiger partial charge in [0.1, 0.15) is 11.5 Å². The average molecular weight is 562 g/mol. The van der Waals surface area contributed by atoms with E-state index in [-0.39, 0.29) is 23.6 Å². The highest BCUT2D eigenvalue weighted by Crippen LogP contribution is 2.29. The smallest absolute Gasteiger partial charge is 0.254 e. The number of carbonyl (C=O) groups excluding carboxylic acids is 2. The Labute approximate surface area is 236 Å². The number of carbonyl (C=O) groups is 2. The largest absolute Gasteiger partial charge is 0.497 e. The maximum Gasteiger partial charge on any atom is 0.254 e. The Morgan fingerprint density at radius 3 is 2.45 bits per heavy atom. The lowest BCUT2D eigenvalue weighted by Crippen LogP contribution is -2.55. The van der Waals surface area contributed by atoms with E-state index in [2.05, 4.69) is 10.2 Å². The topological polar surface area (TPSA) is 103 Å². The predicted octanol–water partition coefficient (Wildman–Crippen LogP) is 4.32. The number of furan rings is 1. The molecule has 0 aliphatic carbocycles. The third-order valence-corrected chi connectivity index (χ3v) is 7.71. The molecular weight excluding hydrogens is 530 g/mol. The standard InChI is InChI=1S/C29H31N5O5S/c1-19-7-5-8-22(13-19)34-27(25-9-6-12-39-25)30-31-29(34)40-18-26(35)32-10-11-33(20(2)17-32)28(36)21-14-23(37-3)16-24(15-21)38-4/h5-9,12-16,20H,10-11,17-18H2,1-4H3. The first kappa shape index (κ1) is 27.3. The molecule has 2 amide bonds. The summed E-state index contributed by atoms with van der Waals surface area (Å²) in [5.41, 5.74) is 2.47. The number of ether oxygens (including phenoxy) is 2. The minimum Gasteiger partial charge on any atom is -0.497 e. The molecule has 0 saturated carbocycles. The van der Waals surface area contributed by atoms with Crippen LogP contribution in [0.25, 0.3) is 17.3 Å². The number of nitrogens with zero attached hydrogens (tertiary/aromatic N) is 5. The van der Waals surface area contributed by atoms with E-state index in [0.717, 1.165) is 11.3 Å². The molecule has 10 nitrogen and oxygen atoms in total. The Hall–Kier alpha value is -4.25. The van der Waals surface area contributed by atoms with Crippen molar-refractivity contribution in [2.75, 3.05) is 39.6 Å². The molecule has 3 heterocycles. The second-order valence-corrected chi connectivity index (χ2v) is 10.5. The van der Waals surface area contributed by atoms with Crippen LogP contribution in [0, 0.1) is 6.92 Å². The van der Waals surface area contributed by atoms with Crippen molar-refractivity contribution >= 4 is 23.6 Å². The van der Waals surface area contributed by atoms with Gasteiger partial charge in [-0.3, -0.25) is 14.2 Å². The first-order valence-corrected chi connectivity index (χ1v) is 13.9.